The largest absolute Gasteiger partial charge is 0.491 e. The molecular weight excluding hydrogens is 380 g/mol. The van der Waals surface area contributed by atoms with E-state index in [2.05, 4.69) is 10.3 Å². The highest BCUT2D eigenvalue weighted by molar-refractivity contribution is 7.13. The Morgan fingerprint density at radius 3 is 2.52 bits per heavy atom. The van der Waals surface area contributed by atoms with Crippen LogP contribution < -0.4 is 10.1 Å². The molecule has 2 aromatic carbocycles. The number of benzene rings is 2. The van der Waals surface area contributed by atoms with Crippen molar-refractivity contribution >= 4 is 28.8 Å². The van der Waals surface area contributed by atoms with Crippen LogP contribution in [0.25, 0.3) is 10.6 Å². The molecule has 6 heteroatoms. The third kappa shape index (κ3) is 5.55. The Balaban J connectivity index is 1.51. The molecule has 1 N–H and O–H groups in total. The average Bonchev–Trinajstić information content (AvgIpc) is 3.11. The standard InChI is InChI=1S/C21H21ClN2O2S/c1-14(2)26-19-9-5-15(6-10-19)20(25)23-12-11-18-13-27-21(24-18)16-3-7-17(22)8-4-16/h3-10,13-14H,11-12H2,1-2H3,(H,23,25). The van der Waals surface area contributed by atoms with Gasteiger partial charge in [-0.15, -0.1) is 11.3 Å². The average molecular weight is 401 g/mol. The van der Waals surface area contributed by atoms with Crippen molar-refractivity contribution in [2.75, 3.05) is 6.54 Å². The van der Waals surface area contributed by atoms with Gasteiger partial charge in [-0.1, -0.05) is 23.7 Å². The van der Waals surface area contributed by atoms with Crippen LogP contribution in [0.2, 0.25) is 5.02 Å². The Morgan fingerprint density at radius 1 is 1.15 bits per heavy atom. The first-order valence-electron chi connectivity index (χ1n) is 8.76. The second-order valence-electron chi connectivity index (χ2n) is 6.35. The van der Waals surface area contributed by atoms with Crippen LogP contribution in [0.5, 0.6) is 5.75 Å². The molecule has 0 saturated carbocycles. The van der Waals surface area contributed by atoms with Gasteiger partial charge in [0.2, 0.25) is 0 Å². The zero-order valence-electron chi connectivity index (χ0n) is 15.2. The van der Waals surface area contributed by atoms with Gasteiger partial charge in [0.1, 0.15) is 10.8 Å². The number of amides is 1. The monoisotopic (exact) mass is 400 g/mol. The van der Waals surface area contributed by atoms with Crippen LogP contribution in [0.15, 0.2) is 53.9 Å². The van der Waals surface area contributed by atoms with Crippen LogP contribution in [-0.2, 0) is 6.42 Å². The fourth-order valence-corrected chi connectivity index (χ4v) is 3.50. The number of carbonyl (C=O) groups excluding carboxylic acids is 1. The summed E-state index contributed by atoms with van der Waals surface area (Å²) in [6.45, 7) is 4.47. The van der Waals surface area contributed by atoms with Crippen molar-refractivity contribution in [1.82, 2.24) is 10.3 Å². The molecule has 1 heterocycles. The van der Waals surface area contributed by atoms with E-state index in [9.17, 15) is 4.79 Å². The lowest BCUT2D eigenvalue weighted by atomic mass is 10.2. The SMILES string of the molecule is CC(C)Oc1ccc(C(=O)NCCc2csc(-c3ccc(Cl)cc3)n2)cc1. The number of hydrogen-bond acceptors (Lipinski definition) is 4. The van der Waals surface area contributed by atoms with E-state index in [1.165, 1.54) is 0 Å². The Bertz CT molecular complexity index is 889. The van der Waals surface area contributed by atoms with Gasteiger partial charge in [-0.3, -0.25) is 4.79 Å². The second kappa shape index (κ2) is 9.02. The number of rotatable bonds is 7. The van der Waals surface area contributed by atoms with Crippen molar-refractivity contribution in [2.45, 2.75) is 26.4 Å². The summed E-state index contributed by atoms with van der Waals surface area (Å²) in [5.41, 5.74) is 2.63. The number of hydrogen-bond donors (Lipinski definition) is 1. The van der Waals surface area contributed by atoms with E-state index in [-0.39, 0.29) is 12.0 Å². The molecule has 27 heavy (non-hydrogen) atoms. The molecule has 0 aliphatic heterocycles. The lowest BCUT2D eigenvalue weighted by Gasteiger charge is -2.10. The van der Waals surface area contributed by atoms with E-state index in [0.717, 1.165) is 22.0 Å². The summed E-state index contributed by atoms with van der Waals surface area (Å²) in [4.78, 5) is 16.9. The van der Waals surface area contributed by atoms with Crippen molar-refractivity contribution in [1.29, 1.82) is 0 Å². The number of thiazole rings is 1. The highest BCUT2D eigenvalue weighted by Crippen LogP contribution is 2.25. The molecule has 0 fully saturated rings. The van der Waals surface area contributed by atoms with Crippen LogP contribution in [0.4, 0.5) is 0 Å². The molecular formula is C21H21ClN2O2S. The van der Waals surface area contributed by atoms with E-state index in [4.69, 9.17) is 16.3 Å². The van der Waals surface area contributed by atoms with Crippen molar-refractivity contribution < 1.29 is 9.53 Å². The normalized spacial score (nSPS) is 10.8. The summed E-state index contributed by atoms with van der Waals surface area (Å²) in [7, 11) is 0. The number of nitrogens with zero attached hydrogens (tertiary/aromatic N) is 1. The third-order valence-corrected chi connectivity index (χ3v) is 4.99. The summed E-state index contributed by atoms with van der Waals surface area (Å²) in [6, 6.07) is 14.8. The molecule has 1 aromatic heterocycles. The Labute approximate surface area is 168 Å². The van der Waals surface area contributed by atoms with Gasteiger partial charge in [0.25, 0.3) is 5.91 Å². The number of carbonyl (C=O) groups is 1. The predicted octanol–water partition coefficient (Wildman–Crippen LogP) is 5.22. The lowest BCUT2D eigenvalue weighted by Crippen LogP contribution is -2.25. The molecule has 3 rings (SSSR count). The van der Waals surface area contributed by atoms with Gasteiger partial charge in [0, 0.05) is 34.5 Å². The first-order chi connectivity index (χ1) is 13.0. The molecule has 0 radical (unpaired) electrons. The van der Waals surface area contributed by atoms with E-state index >= 15 is 0 Å². The maximum Gasteiger partial charge on any atom is 0.251 e. The van der Waals surface area contributed by atoms with E-state index in [0.29, 0.717) is 23.6 Å². The van der Waals surface area contributed by atoms with Crippen LogP contribution in [0.1, 0.15) is 29.9 Å². The number of ether oxygens (including phenoxy) is 1. The molecule has 4 nitrogen and oxygen atoms in total. The van der Waals surface area contributed by atoms with Crippen LogP contribution in [0, 0.1) is 0 Å². The van der Waals surface area contributed by atoms with Gasteiger partial charge < -0.3 is 10.1 Å². The van der Waals surface area contributed by atoms with Gasteiger partial charge in [-0.2, -0.15) is 0 Å². The smallest absolute Gasteiger partial charge is 0.251 e. The summed E-state index contributed by atoms with van der Waals surface area (Å²) >= 11 is 7.51. The second-order valence-corrected chi connectivity index (χ2v) is 7.64. The molecule has 0 aliphatic rings. The summed E-state index contributed by atoms with van der Waals surface area (Å²) < 4.78 is 5.59. The Kier molecular flexibility index (Phi) is 6.48. The maximum atomic E-state index is 12.2. The van der Waals surface area contributed by atoms with Gasteiger partial charge in [-0.25, -0.2) is 4.98 Å². The van der Waals surface area contributed by atoms with Gasteiger partial charge in [0.15, 0.2) is 0 Å². The fourth-order valence-electron chi connectivity index (χ4n) is 2.51. The van der Waals surface area contributed by atoms with Crippen LogP contribution >= 0.6 is 22.9 Å². The molecule has 0 saturated heterocycles. The molecule has 140 valence electrons. The quantitative estimate of drug-likeness (QED) is 0.591. The highest BCUT2D eigenvalue weighted by Gasteiger charge is 2.08. The van der Waals surface area contributed by atoms with E-state index in [1.807, 2.05) is 55.6 Å². The number of aromatic nitrogens is 1. The first-order valence-corrected chi connectivity index (χ1v) is 10.0. The molecule has 0 unspecified atom stereocenters. The van der Waals surface area contributed by atoms with E-state index < -0.39 is 0 Å². The van der Waals surface area contributed by atoms with Crippen LogP contribution in [-0.4, -0.2) is 23.5 Å². The van der Waals surface area contributed by atoms with E-state index in [1.54, 1.807) is 23.5 Å². The zero-order chi connectivity index (χ0) is 19.2. The lowest BCUT2D eigenvalue weighted by molar-refractivity contribution is 0.0954. The predicted molar refractivity (Wildman–Crippen MR) is 111 cm³/mol. The van der Waals surface area contributed by atoms with Crippen molar-refractivity contribution in [3.05, 3.63) is 70.2 Å². The Morgan fingerprint density at radius 2 is 1.85 bits per heavy atom. The molecule has 0 atom stereocenters. The van der Waals surface area contributed by atoms with Gasteiger partial charge in [0.05, 0.1) is 11.8 Å². The highest BCUT2D eigenvalue weighted by atomic mass is 35.5. The summed E-state index contributed by atoms with van der Waals surface area (Å²) in [6.07, 6.45) is 0.797. The molecule has 1 amide bonds. The summed E-state index contributed by atoms with van der Waals surface area (Å²) in [5, 5.41) is 6.62. The van der Waals surface area contributed by atoms with Gasteiger partial charge >= 0.3 is 0 Å². The number of nitrogens with one attached hydrogen (secondary N) is 1. The van der Waals surface area contributed by atoms with Gasteiger partial charge in [-0.05, 0) is 50.2 Å². The summed E-state index contributed by atoms with van der Waals surface area (Å²) in [5.74, 6) is 0.665. The van der Waals surface area contributed by atoms with Crippen molar-refractivity contribution in [3.8, 4) is 16.3 Å². The third-order valence-electron chi connectivity index (χ3n) is 3.80. The minimum absolute atomic E-state index is 0.0979. The fraction of sp³-hybridized carbons (Fsp3) is 0.238. The minimum Gasteiger partial charge on any atom is -0.491 e. The Hall–Kier alpha value is -2.37. The van der Waals surface area contributed by atoms with Crippen molar-refractivity contribution in [2.24, 2.45) is 0 Å². The topological polar surface area (TPSA) is 51.2 Å². The minimum atomic E-state index is -0.0979. The molecule has 0 aliphatic carbocycles. The molecule has 0 bridgehead atoms. The molecule has 3 aromatic rings. The first kappa shape index (κ1) is 19.4. The molecule has 0 spiro atoms. The number of halogens is 1. The zero-order valence-corrected chi connectivity index (χ0v) is 16.8. The maximum absolute atomic E-state index is 12.2. The van der Waals surface area contributed by atoms with Crippen molar-refractivity contribution in [3.63, 3.8) is 0 Å². The van der Waals surface area contributed by atoms with Crippen LogP contribution in [0.3, 0.4) is 0 Å².